The molecule has 0 bridgehead atoms. The fourth-order valence-corrected chi connectivity index (χ4v) is 1.02. The lowest BCUT2D eigenvalue weighted by atomic mass is 10.2. The fraction of sp³-hybridized carbons (Fsp3) is 0. The molecule has 0 unspecified atom stereocenters. The van der Waals surface area contributed by atoms with Gasteiger partial charge in [0.05, 0.1) is 0 Å². The van der Waals surface area contributed by atoms with Crippen molar-refractivity contribution in [2.24, 2.45) is 0 Å². The summed E-state index contributed by atoms with van der Waals surface area (Å²) in [7, 11) is 0. The van der Waals surface area contributed by atoms with Crippen LogP contribution in [0.2, 0.25) is 0 Å². The third kappa shape index (κ3) is 1.15. The Hall–Kier alpha value is -1.57. The minimum absolute atomic E-state index is 1.10. The maximum atomic E-state index is 4.02. The normalized spacial score (nSPS) is 13.5. The lowest BCUT2D eigenvalue weighted by Crippen LogP contribution is -1.88. The Morgan fingerprint density at radius 1 is 1.27 bits per heavy atom. The van der Waals surface area contributed by atoms with Gasteiger partial charge in [0.25, 0.3) is 0 Å². The molecule has 2 heteroatoms. The summed E-state index contributed by atoms with van der Waals surface area (Å²) in [5.74, 6) is 0. The molecule has 0 atom stereocenters. The second kappa shape index (κ2) is 2.58. The molecule has 0 saturated carbocycles. The minimum atomic E-state index is 1.10. The summed E-state index contributed by atoms with van der Waals surface area (Å²) in [5.41, 5.74) is 2.22. The van der Waals surface area contributed by atoms with Gasteiger partial charge in [-0.05, 0) is 12.1 Å². The van der Waals surface area contributed by atoms with Gasteiger partial charge in [0.15, 0.2) is 0 Å². The topological polar surface area (TPSA) is 24.9 Å². The number of anilines is 1. The van der Waals surface area contributed by atoms with Gasteiger partial charge in [-0.1, -0.05) is 12.2 Å². The van der Waals surface area contributed by atoms with Crippen molar-refractivity contribution in [1.29, 1.82) is 0 Å². The Kier molecular flexibility index (Phi) is 1.44. The number of aromatic nitrogens is 1. The van der Waals surface area contributed by atoms with Gasteiger partial charge >= 0.3 is 0 Å². The monoisotopic (exact) mass is 144 g/mol. The van der Waals surface area contributed by atoms with Gasteiger partial charge in [0, 0.05) is 29.8 Å². The third-order valence-electron chi connectivity index (χ3n) is 1.57. The number of hydrogen-bond acceptors (Lipinski definition) is 2. The highest BCUT2D eigenvalue weighted by Gasteiger charge is 1.96. The Morgan fingerprint density at radius 2 is 2.27 bits per heavy atom. The molecule has 1 aliphatic rings. The molecule has 1 aromatic heterocycles. The minimum Gasteiger partial charge on any atom is -0.361 e. The zero-order valence-corrected chi connectivity index (χ0v) is 5.99. The standard InChI is InChI=1S/C9H8N2/c1-2-5-11-9-4-6-10-7-8(9)3-1/h1-7,11H. The summed E-state index contributed by atoms with van der Waals surface area (Å²) in [4.78, 5) is 4.02. The average Bonchev–Trinajstić information content (AvgIpc) is 2.28. The molecule has 0 saturated heterocycles. The van der Waals surface area contributed by atoms with Crippen LogP contribution in [0, 0.1) is 0 Å². The SMILES string of the molecule is C1=CNc2ccncc2C=C1. The van der Waals surface area contributed by atoms with Crippen LogP contribution in [0.3, 0.4) is 0 Å². The summed E-state index contributed by atoms with van der Waals surface area (Å²) in [6.45, 7) is 0. The van der Waals surface area contributed by atoms with Crippen molar-refractivity contribution in [3.05, 3.63) is 42.4 Å². The van der Waals surface area contributed by atoms with Gasteiger partial charge in [-0.3, -0.25) is 4.98 Å². The number of allylic oxidation sites excluding steroid dienone is 2. The van der Waals surface area contributed by atoms with E-state index in [0.717, 1.165) is 11.3 Å². The highest BCUT2D eigenvalue weighted by molar-refractivity contribution is 5.68. The highest BCUT2D eigenvalue weighted by Crippen LogP contribution is 2.16. The van der Waals surface area contributed by atoms with Crippen LogP contribution in [-0.4, -0.2) is 4.98 Å². The average molecular weight is 144 g/mol. The number of nitrogens with one attached hydrogen (secondary N) is 1. The van der Waals surface area contributed by atoms with Crippen LogP contribution >= 0.6 is 0 Å². The summed E-state index contributed by atoms with van der Waals surface area (Å²) < 4.78 is 0. The van der Waals surface area contributed by atoms with Crippen LogP contribution in [0.4, 0.5) is 5.69 Å². The van der Waals surface area contributed by atoms with Gasteiger partial charge in [0.1, 0.15) is 0 Å². The van der Waals surface area contributed by atoms with Crippen molar-refractivity contribution in [2.45, 2.75) is 0 Å². The molecule has 1 aliphatic heterocycles. The van der Waals surface area contributed by atoms with Crippen LogP contribution < -0.4 is 5.32 Å². The Balaban J connectivity index is 2.52. The van der Waals surface area contributed by atoms with Crippen molar-refractivity contribution in [2.75, 3.05) is 5.32 Å². The van der Waals surface area contributed by atoms with E-state index < -0.39 is 0 Å². The first-order valence-electron chi connectivity index (χ1n) is 3.50. The second-order valence-electron chi connectivity index (χ2n) is 2.33. The van der Waals surface area contributed by atoms with E-state index in [1.807, 2.05) is 36.7 Å². The van der Waals surface area contributed by atoms with E-state index >= 15 is 0 Å². The van der Waals surface area contributed by atoms with Gasteiger partial charge in [-0.2, -0.15) is 0 Å². The van der Waals surface area contributed by atoms with Crippen molar-refractivity contribution in [1.82, 2.24) is 4.98 Å². The first kappa shape index (κ1) is 6.16. The van der Waals surface area contributed by atoms with E-state index in [1.54, 1.807) is 6.20 Å². The van der Waals surface area contributed by atoms with Crippen LogP contribution in [0.25, 0.3) is 6.08 Å². The Labute approximate surface area is 65.3 Å². The molecule has 0 radical (unpaired) electrons. The molecule has 2 heterocycles. The number of hydrogen-bond donors (Lipinski definition) is 1. The van der Waals surface area contributed by atoms with Crippen LogP contribution in [0.5, 0.6) is 0 Å². The maximum absolute atomic E-state index is 4.02. The van der Waals surface area contributed by atoms with Crippen molar-refractivity contribution < 1.29 is 0 Å². The predicted octanol–water partition coefficient (Wildman–Crippen LogP) is 2.03. The second-order valence-corrected chi connectivity index (χ2v) is 2.33. The van der Waals surface area contributed by atoms with E-state index in [-0.39, 0.29) is 0 Å². The van der Waals surface area contributed by atoms with E-state index in [9.17, 15) is 0 Å². The van der Waals surface area contributed by atoms with Crippen LogP contribution in [0.1, 0.15) is 5.56 Å². The van der Waals surface area contributed by atoms with Crippen molar-refractivity contribution >= 4 is 11.8 Å². The Morgan fingerprint density at radius 3 is 3.27 bits per heavy atom. The van der Waals surface area contributed by atoms with Crippen LogP contribution in [0.15, 0.2) is 36.8 Å². The molecule has 1 aromatic rings. The molecule has 0 fully saturated rings. The molecule has 11 heavy (non-hydrogen) atoms. The first-order valence-corrected chi connectivity index (χ1v) is 3.50. The van der Waals surface area contributed by atoms with E-state index in [4.69, 9.17) is 0 Å². The third-order valence-corrected chi connectivity index (χ3v) is 1.57. The maximum Gasteiger partial charge on any atom is 0.0484 e. The quantitative estimate of drug-likeness (QED) is 0.602. The van der Waals surface area contributed by atoms with Crippen molar-refractivity contribution in [3.63, 3.8) is 0 Å². The lowest BCUT2D eigenvalue weighted by molar-refractivity contribution is 1.31. The summed E-state index contributed by atoms with van der Waals surface area (Å²) in [5, 5.41) is 3.14. The Bertz CT molecular complexity index is 313. The smallest absolute Gasteiger partial charge is 0.0484 e. The number of nitrogens with zero attached hydrogens (tertiary/aromatic N) is 1. The lowest BCUT2D eigenvalue weighted by Gasteiger charge is -2.01. The number of fused-ring (bicyclic) bond motifs is 1. The molecule has 0 aliphatic carbocycles. The van der Waals surface area contributed by atoms with E-state index in [2.05, 4.69) is 10.3 Å². The zero-order valence-electron chi connectivity index (χ0n) is 5.99. The zero-order chi connectivity index (χ0) is 7.52. The summed E-state index contributed by atoms with van der Waals surface area (Å²) in [6.07, 6.45) is 11.5. The molecule has 0 spiro atoms. The number of rotatable bonds is 0. The van der Waals surface area contributed by atoms with Gasteiger partial charge in [0.2, 0.25) is 0 Å². The summed E-state index contributed by atoms with van der Waals surface area (Å²) >= 11 is 0. The molecule has 2 rings (SSSR count). The molecule has 0 aromatic carbocycles. The van der Waals surface area contributed by atoms with Gasteiger partial charge in [-0.15, -0.1) is 0 Å². The first-order chi connectivity index (χ1) is 5.47. The molecular weight excluding hydrogens is 136 g/mol. The molecule has 2 nitrogen and oxygen atoms in total. The molecule has 1 N–H and O–H groups in total. The van der Waals surface area contributed by atoms with Gasteiger partial charge in [-0.25, -0.2) is 0 Å². The molecule has 0 amide bonds. The predicted molar refractivity (Wildman–Crippen MR) is 46.0 cm³/mol. The number of pyridine rings is 1. The summed E-state index contributed by atoms with van der Waals surface area (Å²) in [6, 6.07) is 1.95. The van der Waals surface area contributed by atoms with Crippen molar-refractivity contribution in [3.8, 4) is 0 Å². The van der Waals surface area contributed by atoms with Gasteiger partial charge < -0.3 is 5.32 Å². The van der Waals surface area contributed by atoms with E-state index in [1.165, 1.54) is 0 Å². The van der Waals surface area contributed by atoms with Crippen LogP contribution in [-0.2, 0) is 0 Å². The highest BCUT2D eigenvalue weighted by atomic mass is 14.8. The molecular formula is C9H8N2. The largest absolute Gasteiger partial charge is 0.361 e. The fourth-order valence-electron chi connectivity index (χ4n) is 1.02. The van der Waals surface area contributed by atoms with E-state index in [0.29, 0.717) is 0 Å². The molecule has 54 valence electrons.